The van der Waals surface area contributed by atoms with Crippen molar-refractivity contribution < 1.29 is 9.47 Å². The van der Waals surface area contributed by atoms with Crippen molar-refractivity contribution in [1.29, 1.82) is 0 Å². The van der Waals surface area contributed by atoms with E-state index in [-0.39, 0.29) is 6.04 Å². The first-order valence-electron chi connectivity index (χ1n) is 14.8. The van der Waals surface area contributed by atoms with Crippen molar-refractivity contribution in [3.05, 3.63) is 107 Å². The summed E-state index contributed by atoms with van der Waals surface area (Å²) in [5.74, 6) is 1.32. The second-order valence-electron chi connectivity index (χ2n) is 12.8. The Morgan fingerprint density at radius 2 is 1.20 bits per heavy atom. The van der Waals surface area contributed by atoms with Crippen LogP contribution >= 0.6 is 0 Å². The molecule has 2 aromatic heterocycles. The SMILES string of the molecule is C[Si](C)(C)CCOCn1ncnc1C(N)c1ccccc1.C[Si](C)(C)CCOCn1ncnc1C(N=[N+]=[N-])c1ccccc1. The molecule has 0 saturated heterocycles. The third kappa shape index (κ3) is 11.8. The first-order chi connectivity index (χ1) is 21.0. The number of ether oxygens (including phenoxy) is 2. The molecule has 0 fully saturated rings. The molecule has 0 bridgehead atoms. The van der Waals surface area contributed by atoms with Crippen LogP contribution < -0.4 is 5.73 Å². The maximum Gasteiger partial charge on any atom is 0.150 e. The summed E-state index contributed by atoms with van der Waals surface area (Å²) < 4.78 is 14.8. The van der Waals surface area contributed by atoms with Gasteiger partial charge in [-0.25, -0.2) is 19.3 Å². The molecule has 4 rings (SSSR count). The van der Waals surface area contributed by atoms with E-state index >= 15 is 0 Å². The van der Waals surface area contributed by atoms with Crippen LogP contribution in [0.5, 0.6) is 0 Å². The summed E-state index contributed by atoms with van der Waals surface area (Å²) in [5, 5.41) is 12.3. The zero-order valence-corrected chi connectivity index (χ0v) is 28.7. The maximum atomic E-state index is 8.87. The summed E-state index contributed by atoms with van der Waals surface area (Å²) in [6, 6.07) is 20.9. The molecule has 2 N–H and O–H groups in total. The van der Waals surface area contributed by atoms with Crippen molar-refractivity contribution in [2.45, 2.75) is 76.9 Å². The van der Waals surface area contributed by atoms with Crippen LogP contribution in [0, 0.1) is 0 Å². The van der Waals surface area contributed by atoms with Crippen LogP contribution in [-0.2, 0) is 22.9 Å². The molecule has 2 atom stereocenters. The molecule has 236 valence electrons. The normalized spacial score (nSPS) is 13.0. The van der Waals surface area contributed by atoms with Crippen LogP contribution in [0.1, 0.15) is 34.9 Å². The van der Waals surface area contributed by atoms with Gasteiger partial charge in [0, 0.05) is 34.3 Å². The summed E-state index contributed by atoms with van der Waals surface area (Å²) in [4.78, 5) is 11.5. The van der Waals surface area contributed by atoms with Gasteiger partial charge in [-0.05, 0) is 28.7 Å². The lowest BCUT2D eigenvalue weighted by Crippen LogP contribution is -2.23. The van der Waals surface area contributed by atoms with Gasteiger partial charge in [0.2, 0.25) is 0 Å². The van der Waals surface area contributed by atoms with Crippen molar-refractivity contribution in [2.75, 3.05) is 13.2 Å². The maximum absolute atomic E-state index is 8.87. The quantitative estimate of drug-likeness (QED) is 0.0506. The van der Waals surface area contributed by atoms with Crippen LogP contribution in [0.3, 0.4) is 0 Å². The number of hydrogen-bond acceptors (Lipinski definition) is 8. The van der Waals surface area contributed by atoms with Crippen molar-refractivity contribution in [1.82, 2.24) is 29.5 Å². The van der Waals surface area contributed by atoms with Gasteiger partial charge in [0.05, 0.1) is 6.04 Å². The van der Waals surface area contributed by atoms with Crippen LogP contribution in [0.15, 0.2) is 78.4 Å². The Balaban J connectivity index is 0.000000241. The van der Waals surface area contributed by atoms with E-state index in [1.165, 1.54) is 12.7 Å². The zero-order chi connectivity index (χ0) is 32.0. The second kappa shape index (κ2) is 17.0. The third-order valence-electron chi connectivity index (χ3n) is 6.67. The number of nitrogens with two attached hydrogens (primary N) is 1. The first-order valence-corrected chi connectivity index (χ1v) is 22.2. The number of azide groups is 1. The van der Waals surface area contributed by atoms with Crippen molar-refractivity contribution in [2.24, 2.45) is 10.8 Å². The first kappa shape index (κ1) is 34.8. The molecule has 0 spiro atoms. The standard InChI is InChI=1S/C15H22N6OSi.C15H24N4OSi/c1-23(2,3)10-9-22-12-21-15(17-11-18-21)14(19-20-16)13-7-5-4-6-8-13;1-21(2,3)10-9-20-12-19-15(17-11-18-19)14(16)13-7-5-4-6-8-13/h4-8,11,14H,9-10,12H2,1-3H3;4-8,11,14H,9-10,12,16H2,1-3H3. The molecule has 0 aliphatic carbocycles. The van der Waals surface area contributed by atoms with Gasteiger partial charge in [-0.1, -0.05) is 105 Å². The molecule has 44 heavy (non-hydrogen) atoms. The minimum atomic E-state index is -1.12. The zero-order valence-electron chi connectivity index (χ0n) is 26.7. The number of rotatable bonds is 15. The molecule has 2 unspecified atom stereocenters. The van der Waals surface area contributed by atoms with Crippen LogP contribution in [0.25, 0.3) is 10.4 Å². The predicted molar refractivity (Wildman–Crippen MR) is 178 cm³/mol. The van der Waals surface area contributed by atoms with Gasteiger partial charge >= 0.3 is 0 Å². The Labute approximate surface area is 262 Å². The third-order valence-corrected chi connectivity index (χ3v) is 10.1. The van der Waals surface area contributed by atoms with E-state index in [2.05, 4.69) is 69.5 Å². The Bertz CT molecular complexity index is 1430. The fourth-order valence-electron chi connectivity index (χ4n) is 4.02. The fraction of sp³-hybridized carbons (Fsp3) is 0.467. The second-order valence-corrected chi connectivity index (χ2v) is 24.1. The molecule has 0 radical (unpaired) electrons. The fourth-order valence-corrected chi connectivity index (χ4v) is 5.53. The van der Waals surface area contributed by atoms with Crippen LogP contribution in [-0.4, -0.2) is 58.9 Å². The van der Waals surface area contributed by atoms with Gasteiger partial charge in [-0.15, -0.1) is 0 Å². The minimum Gasteiger partial charge on any atom is -0.359 e. The van der Waals surface area contributed by atoms with E-state index < -0.39 is 22.2 Å². The van der Waals surface area contributed by atoms with Gasteiger partial charge in [0.25, 0.3) is 0 Å². The molecule has 0 amide bonds. The van der Waals surface area contributed by atoms with E-state index in [0.717, 1.165) is 35.6 Å². The molecule has 12 nitrogen and oxygen atoms in total. The lowest BCUT2D eigenvalue weighted by molar-refractivity contribution is 0.0755. The van der Waals surface area contributed by atoms with Crippen LogP contribution in [0.2, 0.25) is 51.4 Å². The van der Waals surface area contributed by atoms with Crippen molar-refractivity contribution >= 4 is 16.1 Å². The number of aromatic nitrogens is 6. The summed E-state index contributed by atoms with van der Waals surface area (Å²) in [5.41, 5.74) is 17.0. The number of nitrogens with zero attached hydrogens (tertiary/aromatic N) is 9. The van der Waals surface area contributed by atoms with Gasteiger partial charge in [-0.2, -0.15) is 10.2 Å². The van der Waals surface area contributed by atoms with Crippen LogP contribution in [0.4, 0.5) is 0 Å². The minimum absolute atomic E-state index is 0.283. The Hall–Kier alpha value is -3.66. The molecule has 2 aromatic carbocycles. The van der Waals surface area contributed by atoms with Gasteiger partial charge in [-0.3, -0.25) is 0 Å². The smallest absolute Gasteiger partial charge is 0.150 e. The Morgan fingerprint density at radius 3 is 1.68 bits per heavy atom. The molecule has 14 heteroatoms. The van der Waals surface area contributed by atoms with Gasteiger partial charge in [0.1, 0.15) is 38.0 Å². The molecule has 0 aliphatic heterocycles. The Kier molecular flexibility index (Phi) is 13.5. The highest BCUT2D eigenvalue weighted by atomic mass is 28.3. The van der Waals surface area contributed by atoms with E-state index in [4.69, 9.17) is 20.7 Å². The summed E-state index contributed by atoms with van der Waals surface area (Å²) in [6.45, 7) is 16.1. The van der Waals surface area contributed by atoms with E-state index in [9.17, 15) is 0 Å². The average Bonchev–Trinajstić information content (AvgIpc) is 3.66. The van der Waals surface area contributed by atoms with E-state index in [1.54, 1.807) is 9.36 Å². The highest BCUT2D eigenvalue weighted by Crippen LogP contribution is 2.24. The highest BCUT2D eigenvalue weighted by Gasteiger charge is 2.20. The molecular formula is C30H46N10O2Si2. The average molecular weight is 635 g/mol. The van der Waals surface area contributed by atoms with Gasteiger partial charge in [0.15, 0.2) is 5.82 Å². The van der Waals surface area contributed by atoms with Crippen molar-refractivity contribution in [3.63, 3.8) is 0 Å². The number of hydrogen-bond donors (Lipinski definition) is 1. The Morgan fingerprint density at radius 1 is 0.750 bits per heavy atom. The summed E-state index contributed by atoms with van der Waals surface area (Å²) in [7, 11) is -2.18. The van der Waals surface area contributed by atoms with E-state index in [0.29, 0.717) is 25.9 Å². The topological polar surface area (TPSA) is 155 Å². The molecule has 4 aromatic rings. The molecular weight excluding hydrogens is 589 g/mol. The summed E-state index contributed by atoms with van der Waals surface area (Å²) in [6.07, 6.45) is 2.99. The van der Waals surface area contributed by atoms with Gasteiger partial charge < -0.3 is 15.2 Å². The van der Waals surface area contributed by atoms with Crippen molar-refractivity contribution in [3.8, 4) is 0 Å². The molecule has 0 saturated carbocycles. The van der Waals surface area contributed by atoms with E-state index in [1.807, 2.05) is 60.7 Å². The number of benzene rings is 2. The lowest BCUT2D eigenvalue weighted by Gasteiger charge is -2.16. The monoisotopic (exact) mass is 634 g/mol. The highest BCUT2D eigenvalue weighted by molar-refractivity contribution is 6.76. The largest absolute Gasteiger partial charge is 0.359 e. The lowest BCUT2D eigenvalue weighted by atomic mass is 10.1. The predicted octanol–water partition coefficient (Wildman–Crippen LogP) is 6.63. The molecule has 2 heterocycles. The molecule has 0 aliphatic rings. The summed E-state index contributed by atoms with van der Waals surface area (Å²) >= 11 is 0.